The summed E-state index contributed by atoms with van der Waals surface area (Å²) < 4.78 is 44.5. The summed E-state index contributed by atoms with van der Waals surface area (Å²) in [6, 6.07) is 3.68. The first-order valence-electron chi connectivity index (χ1n) is 6.18. The van der Waals surface area contributed by atoms with Gasteiger partial charge < -0.3 is 10.1 Å². The fourth-order valence-corrected chi connectivity index (χ4v) is 3.02. The Kier molecular flexibility index (Phi) is 2.73. The zero-order chi connectivity index (χ0) is 13.6. The van der Waals surface area contributed by atoms with E-state index < -0.39 is 18.1 Å². The van der Waals surface area contributed by atoms with Crippen molar-refractivity contribution in [1.82, 2.24) is 0 Å². The predicted octanol–water partition coefficient (Wildman–Crippen LogP) is 3.71. The first kappa shape index (κ1) is 12.4. The number of anilines is 1. The maximum absolute atomic E-state index is 13.1. The molecule has 1 N–H and O–H groups in total. The van der Waals surface area contributed by atoms with E-state index in [1.165, 1.54) is 0 Å². The lowest BCUT2D eigenvalue weighted by Crippen LogP contribution is -2.46. The van der Waals surface area contributed by atoms with Crippen LogP contribution in [-0.2, 0) is 0 Å². The number of nitrogens with one attached hydrogen (secondary N) is 1. The molecule has 2 aliphatic rings. The van der Waals surface area contributed by atoms with Crippen molar-refractivity contribution in [2.75, 3.05) is 12.4 Å². The maximum Gasteiger partial charge on any atom is 0.408 e. The smallest absolute Gasteiger partial charge is 0.408 e. The number of hydrogen-bond donors (Lipinski definition) is 1. The molecule has 1 aromatic rings. The Morgan fingerprint density at radius 2 is 2.11 bits per heavy atom. The standard InChI is InChI=1S/C14H14F3NO/c1-19-8-5-6-12-11(7-8)9-3-2-4-10(9)13(18-12)14(15,16)17/h2-3,5-7,9-10,13,18H,4H2,1H3/t9-,10+,13-/m1/s1. The molecule has 0 fully saturated rings. The van der Waals surface area contributed by atoms with Crippen LogP contribution in [-0.4, -0.2) is 19.3 Å². The summed E-state index contributed by atoms with van der Waals surface area (Å²) in [5, 5.41) is 2.64. The predicted molar refractivity (Wildman–Crippen MR) is 66.4 cm³/mol. The zero-order valence-electron chi connectivity index (χ0n) is 10.4. The van der Waals surface area contributed by atoms with Crippen LogP contribution in [0.2, 0.25) is 0 Å². The SMILES string of the molecule is COc1ccc2c(c1)[C@@H]1C=CC[C@@H]1[C@H](C(F)(F)F)N2. The number of fused-ring (bicyclic) bond motifs is 3. The molecule has 0 aromatic heterocycles. The first-order chi connectivity index (χ1) is 9.00. The van der Waals surface area contributed by atoms with E-state index in [4.69, 9.17) is 4.74 Å². The molecule has 2 nitrogen and oxygen atoms in total. The monoisotopic (exact) mass is 269 g/mol. The van der Waals surface area contributed by atoms with Gasteiger partial charge in [0.2, 0.25) is 0 Å². The molecule has 1 aromatic carbocycles. The molecule has 102 valence electrons. The van der Waals surface area contributed by atoms with Gasteiger partial charge in [-0.3, -0.25) is 0 Å². The fraction of sp³-hybridized carbons (Fsp3) is 0.429. The van der Waals surface area contributed by atoms with E-state index in [1.54, 1.807) is 19.2 Å². The van der Waals surface area contributed by atoms with Crippen LogP contribution in [0.4, 0.5) is 18.9 Å². The van der Waals surface area contributed by atoms with Gasteiger partial charge in [-0.05, 0) is 30.2 Å². The molecular weight excluding hydrogens is 255 g/mol. The van der Waals surface area contributed by atoms with E-state index in [0.717, 1.165) is 5.56 Å². The Morgan fingerprint density at radius 1 is 1.32 bits per heavy atom. The number of benzene rings is 1. The van der Waals surface area contributed by atoms with Crippen LogP contribution in [0.3, 0.4) is 0 Å². The lowest BCUT2D eigenvalue weighted by Gasteiger charge is -2.38. The quantitative estimate of drug-likeness (QED) is 0.785. The third-order valence-electron chi connectivity index (χ3n) is 3.92. The molecule has 0 amide bonds. The minimum absolute atomic E-state index is 0.182. The molecule has 0 unspecified atom stereocenters. The van der Waals surface area contributed by atoms with Crippen LogP contribution in [0, 0.1) is 5.92 Å². The Hall–Kier alpha value is -1.65. The molecule has 0 spiro atoms. The summed E-state index contributed by atoms with van der Waals surface area (Å²) in [6.45, 7) is 0. The third-order valence-corrected chi connectivity index (χ3v) is 3.92. The van der Waals surface area contributed by atoms with E-state index in [9.17, 15) is 13.2 Å². The lowest BCUT2D eigenvalue weighted by atomic mass is 9.79. The number of methoxy groups -OCH3 is 1. The van der Waals surface area contributed by atoms with E-state index >= 15 is 0 Å². The average molecular weight is 269 g/mol. The number of rotatable bonds is 1. The van der Waals surface area contributed by atoms with Gasteiger partial charge in [0.05, 0.1) is 7.11 Å². The molecular formula is C14H14F3NO. The van der Waals surface area contributed by atoms with Crippen molar-refractivity contribution >= 4 is 5.69 Å². The average Bonchev–Trinajstić information content (AvgIpc) is 2.85. The summed E-state index contributed by atoms with van der Waals surface area (Å²) in [5.41, 5.74) is 1.44. The molecule has 1 aliphatic heterocycles. The molecule has 1 aliphatic carbocycles. The highest BCUT2D eigenvalue weighted by molar-refractivity contribution is 5.61. The molecule has 0 bridgehead atoms. The van der Waals surface area contributed by atoms with E-state index in [1.807, 2.05) is 18.2 Å². The van der Waals surface area contributed by atoms with E-state index in [2.05, 4.69) is 5.32 Å². The second-order valence-corrected chi connectivity index (χ2v) is 4.97. The summed E-state index contributed by atoms with van der Waals surface area (Å²) in [7, 11) is 1.55. The summed E-state index contributed by atoms with van der Waals surface area (Å²) in [4.78, 5) is 0. The Morgan fingerprint density at radius 3 is 2.79 bits per heavy atom. The van der Waals surface area contributed by atoms with Crippen molar-refractivity contribution in [1.29, 1.82) is 0 Å². The van der Waals surface area contributed by atoms with Gasteiger partial charge in [0.25, 0.3) is 0 Å². The van der Waals surface area contributed by atoms with Crippen LogP contribution in [0.1, 0.15) is 17.9 Å². The zero-order valence-corrected chi connectivity index (χ0v) is 10.4. The van der Waals surface area contributed by atoms with E-state index in [-0.39, 0.29) is 5.92 Å². The number of ether oxygens (including phenoxy) is 1. The highest BCUT2D eigenvalue weighted by Gasteiger charge is 2.50. The normalized spacial score (nSPS) is 28.5. The van der Waals surface area contributed by atoms with Gasteiger partial charge in [-0.15, -0.1) is 0 Å². The largest absolute Gasteiger partial charge is 0.497 e. The van der Waals surface area contributed by atoms with E-state index in [0.29, 0.717) is 17.9 Å². The van der Waals surface area contributed by atoms with Crippen LogP contribution >= 0.6 is 0 Å². The van der Waals surface area contributed by atoms with Crippen LogP contribution in [0.15, 0.2) is 30.4 Å². The highest BCUT2D eigenvalue weighted by atomic mass is 19.4. The van der Waals surface area contributed by atoms with Gasteiger partial charge in [0, 0.05) is 17.5 Å². The van der Waals surface area contributed by atoms with Crippen molar-refractivity contribution in [3.8, 4) is 5.75 Å². The molecule has 3 rings (SSSR count). The molecule has 0 saturated carbocycles. The van der Waals surface area contributed by atoms with Crippen molar-refractivity contribution in [2.45, 2.75) is 24.6 Å². The molecule has 1 heterocycles. The Balaban J connectivity index is 2.05. The molecule has 0 radical (unpaired) electrons. The Bertz CT molecular complexity index is 524. The second-order valence-electron chi connectivity index (χ2n) is 4.97. The number of halogens is 3. The minimum Gasteiger partial charge on any atom is -0.497 e. The summed E-state index contributed by atoms with van der Waals surface area (Å²) in [6.07, 6.45) is -0.0576. The molecule has 19 heavy (non-hydrogen) atoms. The van der Waals surface area contributed by atoms with Crippen LogP contribution in [0.5, 0.6) is 5.75 Å². The maximum atomic E-state index is 13.1. The van der Waals surface area contributed by atoms with Gasteiger partial charge in [-0.25, -0.2) is 0 Å². The first-order valence-corrected chi connectivity index (χ1v) is 6.18. The molecule has 3 atom stereocenters. The van der Waals surface area contributed by atoms with Crippen LogP contribution < -0.4 is 10.1 Å². The van der Waals surface area contributed by atoms with Gasteiger partial charge >= 0.3 is 6.18 Å². The van der Waals surface area contributed by atoms with Crippen molar-refractivity contribution in [3.63, 3.8) is 0 Å². The van der Waals surface area contributed by atoms with Gasteiger partial charge in [0.1, 0.15) is 11.8 Å². The number of alkyl halides is 3. The summed E-state index contributed by atoms with van der Waals surface area (Å²) >= 11 is 0. The lowest BCUT2D eigenvalue weighted by molar-refractivity contribution is -0.154. The number of hydrogen-bond acceptors (Lipinski definition) is 2. The van der Waals surface area contributed by atoms with Gasteiger partial charge in [-0.2, -0.15) is 13.2 Å². The van der Waals surface area contributed by atoms with Gasteiger partial charge in [-0.1, -0.05) is 12.2 Å². The minimum atomic E-state index is -4.23. The van der Waals surface area contributed by atoms with Gasteiger partial charge in [0.15, 0.2) is 0 Å². The molecule has 0 saturated heterocycles. The number of allylic oxidation sites excluding steroid dienone is 2. The highest BCUT2D eigenvalue weighted by Crippen LogP contribution is 2.49. The van der Waals surface area contributed by atoms with Crippen molar-refractivity contribution in [2.24, 2.45) is 5.92 Å². The van der Waals surface area contributed by atoms with Crippen molar-refractivity contribution < 1.29 is 17.9 Å². The summed E-state index contributed by atoms with van der Waals surface area (Å²) in [5.74, 6) is 0.0302. The van der Waals surface area contributed by atoms with Crippen molar-refractivity contribution in [3.05, 3.63) is 35.9 Å². The third kappa shape index (κ3) is 1.97. The molecule has 5 heteroatoms. The fourth-order valence-electron chi connectivity index (χ4n) is 3.02. The second kappa shape index (κ2) is 4.18. The van der Waals surface area contributed by atoms with Crippen LogP contribution in [0.25, 0.3) is 0 Å². The Labute approximate surface area is 109 Å². The topological polar surface area (TPSA) is 21.3 Å².